The molecule has 0 saturated heterocycles. The van der Waals surface area contributed by atoms with Gasteiger partial charge in [0.2, 0.25) is 0 Å². The summed E-state index contributed by atoms with van der Waals surface area (Å²) in [6.07, 6.45) is 2.52. The Morgan fingerprint density at radius 3 is 1.41 bits per heavy atom. The number of carbonyl (C=O) groups excluding carboxylic acids is 2. The molecule has 2 heteroatoms. The number of rotatable bonds is 7. The SMILES string of the molecule is Cc1ccccc1C(=O)CCCCC(=O)c1ccccc1C. The minimum Gasteiger partial charge on any atom is -0.294 e. The average Bonchev–Trinajstić information content (AvgIpc) is 2.52. The lowest BCUT2D eigenvalue weighted by Crippen LogP contribution is -2.04. The van der Waals surface area contributed by atoms with Crippen LogP contribution in [0.25, 0.3) is 0 Å². The third kappa shape index (κ3) is 4.14. The van der Waals surface area contributed by atoms with Crippen molar-refractivity contribution in [2.24, 2.45) is 0 Å². The summed E-state index contributed by atoms with van der Waals surface area (Å²) in [5.74, 6) is 0.336. The van der Waals surface area contributed by atoms with E-state index in [1.165, 1.54) is 0 Å². The van der Waals surface area contributed by atoms with Crippen LogP contribution in [0.4, 0.5) is 0 Å². The largest absolute Gasteiger partial charge is 0.294 e. The van der Waals surface area contributed by atoms with Crippen molar-refractivity contribution >= 4 is 11.6 Å². The summed E-state index contributed by atoms with van der Waals surface area (Å²) in [5.41, 5.74) is 3.63. The van der Waals surface area contributed by atoms with E-state index >= 15 is 0 Å². The second-order valence-corrected chi connectivity index (χ2v) is 5.68. The van der Waals surface area contributed by atoms with Gasteiger partial charge in [-0.1, -0.05) is 48.5 Å². The van der Waals surface area contributed by atoms with Gasteiger partial charge >= 0.3 is 0 Å². The van der Waals surface area contributed by atoms with E-state index in [1.807, 2.05) is 62.4 Å². The van der Waals surface area contributed by atoms with Gasteiger partial charge in [0.25, 0.3) is 0 Å². The highest BCUT2D eigenvalue weighted by Gasteiger charge is 2.10. The Morgan fingerprint density at radius 2 is 1.05 bits per heavy atom. The summed E-state index contributed by atoms with van der Waals surface area (Å²) in [5, 5.41) is 0. The lowest BCUT2D eigenvalue weighted by molar-refractivity contribution is 0.0954. The van der Waals surface area contributed by atoms with Gasteiger partial charge < -0.3 is 0 Å². The smallest absolute Gasteiger partial charge is 0.163 e. The van der Waals surface area contributed by atoms with Crippen LogP contribution in [0, 0.1) is 13.8 Å². The molecule has 0 fully saturated rings. The minimum atomic E-state index is 0.168. The Hall–Kier alpha value is -2.22. The molecule has 0 aliphatic carbocycles. The highest BCUT2D eigenvalue weighted by Crippen LogP contribution is 2.15. The number of hydrogen-bond donors (Lipinski definition) is 0. The molecule has 2 nitrogen and oxygen atoms in total. The van der Waals surface area contributed by atoms with Crippen LogP contribution in [0.15, 0.2) is 48.5 Å². The molecule has 0 aliphatic heterocycles. The van der Waals surface area contributed by atoms with E-state index in [-0.39, 0.29) is 11.6 Å². The van der Waals surface area contributed by atoms with Crippen LogP contribution in [0.2, 0.25) is 0 Å². The van der Waals surface area contributed by atoms with E-state index in [2.05, 4.69) is 0 Å². The summed E-state index contributed by atoms with van der Waals surface area (Å²) in [7, 11) is 0. The van der Waals surface area contributed by atoms with Gasteiger partial charge in [-0.15, -0.1) is 0 Å². The number of Topliss-reactive ketones (excluding diaryl/α,β-unsaturated/α-hetero) is 2. The molecule has 0 unspecified atom stereocenters. The zero-order valence-electron chi connectivity index (χ0n) is 13.3. The maximum atomic E-state index is 12.1. The second kappa shape index (κ2) is 7.69. The Bertz CT molecular complexity index is 611. The number of ketones is 2. The van der Waals surface area contributed by atoms with Crippen molar-refractivity contribution in [2.45, 2.75) is 39.5 Å². The van der Waals surface area contributed by atoms with E-state index in [4.69, 9.17) is 0 Å². The molecule has 0 heterocycles. The maximum absolute atomic E-state index is 12.1. The first kappa shape index (κ1) is 16.2. The molecule has 2 aromatic rings. The first-order valence-electron chi connectivity index (χ1n) is 7.77. The van der Waals surface area contributed by atoms with E-state index in [0.29, 0.717) is 12.8 Å². The minimum absolute atomic E-state index is 0.168. The van der Waals surface area contributed by atoms with E-state index in [9.17, 15) is 9.59 Å². The van der Waals surface area contributed by atoms with Crippen LogP contribution >= 0.6 is 0 Å². The summed E-state index contributed by atoms with van der Waals surface area (Å²) in [4.78, 5) is 24.3. The molecule has 22 heavy (non-hydrogen) atoms. The molecule has 0 atom stereocenters. The van der Waals surface area contributed by atoms with Gasteiger partial charge in [0.1, 0.15) is 0 Å². The molecule has 0 saturated carbocycles. The summed E-state index contributed by atoms with van der Waals surface area (Å²) >= 11 is 0. The first-order chi connectivity index (χ1) is 10.6. The second-order valence-electron chi connectivity index (χ2n) is 5.68. The van der Waals surface area contributed by atoms with Crippen molar-refractivity contribution in [3.8, 4) is 0 Å². The quantitative estimate of drug-likeness (QED) is 0.536. The molecule has 0 radical (unpaired) electrons. The molecule has 0 spiro atoms. The summed E-state index contributed by atoms with van der Waals surface area (Å²) < 4.78 is 0. The highest BCUT2D eigenvalue weighted by molar-refractivity contribution is 5.98. The van der Waals surface area contributed by atoms with Crippen molar-refractivity contribution < 1.29 is 9.59 Å². The van der Waals surface area contributed by atoms with Crippen molar-refractivity contribution in [1.82, 2.24) is 0 Å². The zero-order chi connectivity index (χ0) is 15.9. The van der Waals surface area contributed by atoms with Gasteiger partial charge in [0.15, 0.2) is 11.6 Å². The van der Waals surface area contributed by atoms with Crippen LogP contribution < -0.4 is 0 Å². The maximum Gasteiger partial charge on any atom is 0.163 e. The van der Waals surface area contributed by atoms with Crippen molar-refractivity contribution in [2.75, 3.05) is 0 Å². The molecular formula is C20H22O2. The van der Waals surface area contributed by atoms with Gasteiger partial charge in [-0.25, -0.2) is 0 Å². The third-order valence-corrected chi connectivity index (χ3v) is 3.95. The first-order valence-corrected chi connectivity index (χ1v) is 7.77. The Morgan fingerprint density at radius 1 is 0.682 bits per heavy atom. The van der Waals surface area contributed by atoms with E-state index < -0.39 is 0 Å². The molecule has 0 bridgehead atoms. The third-order valence-electron chi connectivity index (χ3n) is 3.95. The van der Waals surface area contributed by atoms with Crippen LogP contribution in [-0.4, -0.2) is 11.6 Å². The number of hydrogen-bond acceptors (Lipinski definition) is 2. The monoisotopic (exact) mass is 294 g/mol. The molecule has 0 aliphatic rings. The van der Waals surface area contributed by atoms with Gasteiger partial charge in [-0.2, -0.15) is 0 Å². The Kier molecular flexibility index (Phi) is 5.65. The normalized spacial score (nSPS) is 10.5. The molecule has 114 valence electrons. The van der Waals surface area contributed by atoms with E-state index in [1.54, 1.807) is 0 Å². The number of unbranched alkanes of at least 4 members (excludes halogenated alkanes) is 1. The van der Waals surface area contributed by atoms with Crippen molar-refractivity contribution in [1.29, 1.82) is 0 Å². The van der Waals surface area contributed by atoms with Gasteiger partial charge in [-0.3, -0.25) is 9.59 Å². The molecule has 0 aromatic heterocycles. The standard InChI is InChI=1S/C20H22O2/c1-15-9-3-5-11-17(15)19(21)13-7-8-14-20(22)18-12-6-4-10-16(18)2/h3-6,9-12H,7-8,13-14H2,1-2H3. The fraction of sp³-hybridized carbons (Fsp3) is 0.300. The number of aryl methyl sites for hydroxylation is 2. The average molecular weight is 294 g/mol. The molecule has 2 aromatic carbocycles. The topological polar surface area (TPSA) is 34.1 Å². The van der Waals surface area contributed by atoms with Crippen LogP contribution in [-0.2, 0) is 0 Å². The number of benzene rings is 2. The lowest BCUT2D eigenvalue weighted by atomic mass is 9.98. The Labute approximate surface area is 132 Å². The van der Waals surface area contributed by atoms with Crippen molar-refractivity contribution in [3.05, 3.63) is 70.8 Å². The van der Waals surface area contributed by atoms with Crippen LogP contribution in [0.1, 0.15) is 57.5 Å². The van der Waals surface area contributed by atoms with Crippen molar-refractivity contribution in [3.63, 3.8) is 0 Å². The van der Waals surface area contributed by atoms with Crippen LogP contribution in [0.5, 0.6) is 0 Å². The fourth-order valence-electron chi connectivity index (χ4n) is 2.61. The van der Waals surface area contributed by atoms with Gasteiger partial charge in [-0.05, 0) is 37.8 Å². The molecular weight excluding hydrogens is 272 g/mol. The molecule has 0 N–H and O–H groups in total. The zero-order valence-corrected chi connectivity index (χ0v) is 13.3. The fourth-order valence-corrected chi connectivity index (χ4v) is 2.61. The summed E-state index contributed by atoms with van der Waals surface area (Å²) in [6, 6.07) is 15.3. The predicted molar refractivity (Wildman–Crippen MR) is 89.5 cm³/mol. The highest BCUT2D eigenvalue weighted by atomic mass is 16.1. The molecule has 0 amide bonds. The lowest BCUT2D eigenvalue weighted by Gasteiger charge is -2.06. The van der Waals surface area contributed by atoms with Gasteiger partial charge in [0, 0.05) is 24.0 Å². The predicted octanol–water partition coefficient (Wildman–Crippen LogP) is 4.93. The van der Waals surface area contributed by atoms with E-state index in [0.717, 1.165) is 35.1 Å². The Balaban J connectivity index is 1.80. The summed E-state index contributed by atoms with van der Waals surface area (Å²) in [6.45, 7) is 3.91. The number of carbonyl (C=O) groups is 2. The van der Waals surface area contributed by atoms with Gasteiger partial charge in [0.05, 0.1) is 0 Å². The molecule has 2 rings (SSSR count). The van der Waals surface area contributed by atoms with Crippen LogP contribution in [0.3, 0.4) is 0 Å².